The van der Waals surface area contributed by atoms with Gasteiger partial charge in [0.05, 0.1) is 11.5 Å². The molecule has 1 atom stereocenters. The van der Waals surface area contributed by atoms with Gasteiger partial charge in [-0.25, -0.2) is 4.39 Å². The number of rotatable bonds is 5. The molecule has 1 aliphatic carbocycles. The third kappa shape index (κ3) is 4.79. The molecule has 0 bridgehead atoms. The van der Waals surface area contributed by atoms with Gasteiger partial charge in [-0.3, -0.25) is 9.59 Å². The lowest BCUT2D eigenvalue weighted by atomic mass is 9.89. The van der Waals surface area contributed by atoms with Gasteiger partial charge in [0.1, 0.15) is 5.82 Å². The number of carbonyl (C=O) groups is 2. The second-order valence-corrected chi connectivity index (χ2v) is 8.31. The number of Topliss-reactive ketones (excluding diaryl/α,β-unsaturated/α-hetero) is 1. The largest absolute Gasteiger partial charge is 0.303 e. The van der Waals surface area contributed by atoms with Crippen LogP contribution >= 0.6 is 11.8 Å². The molecule has 0 spiro atoms. The zero-order valence-electron chi connectivity index (χ0n) is 15.7. The number of amidine groups is 1. The van der Waals surface area contributed by atoms with Gasteiger partial charge in [-0.2, -0.15) is 5.10 Å². The number of ketones is 1. The number of aryl methyl sites for hydroxylation is 2. The van der Waals surface area contributed by atoms with Gasteiger partial charge in [-0.15, -0.1) is 5.10 Å². The van der Waals surface area contributed by atoms with Crippen LogP contribution in [-0.4, -0.2) is 28.3 Å². The van der Waals surface area contributed by atoms with Crippen molar-refractivity contribution < 1.29 is 14.0 Å². The molecule has 29 heavy (non-hydrogen) atoms. The minimum Gasteiger partial charge on any atom is -0.303 e. The van der Waals surface area contributed by atoms with Gasteiger partial charge < -0.3 is 5.32 Å². The van der Waals surface area contributed by atoms with E-state index in [9.17, 15) is 14.0 Å². The molecule has 7 heteroatoms. The number of thioether (sulfide) groups is 1. The smallest absolute Gasteiger partial charge is 0.240 e. The van der Waals surface area contributed by atoms with E-state index < -0.39 is 5.25 Å². The fourth-order valence-electron chi connectivity index (χ4n) is 3.48. The van der Waals surface area contributed by atoms with E-state index in [0.717, 1.165) is 19.3 Å². The highest BCUT2D eigenvalue weighted by Crippen LogP contribution is 2.26. The Morgan fingerprint density at radius 2 is 1.90 bits per heavy atom. The van der Waals surface area contributed by atoms with Crippen molar-refractivity contribution in [3.8, 4) is 0 Å². The van der Waals surface area contributed by atoms with Crippen molar-refractivity contribution in [1.82, 2.24) is 5.32 Å². The molecule has 2 aromatic rings. The first-order chi connectivity index (χ1) is 14.1. The average molecular weight is 409 g/mol. The first kappa shape index (κ1) is 19.5. The van der Waals surface area contributed by atoms with Crippen LogP contribution in [0.4, 0.5) is 4.39 Å². The lowest BCUT2D eigenvalue weighted by molar-refractivity contribution is -0.118. The van der Waals surface area contributed by atoms with Crippen molar-refractivity contribution >= 4 is 34.8 Å². The maximum absolute atomic E-state index is 12.9. The fraction of sp³-hybridized carbons (Fsp3) is 0.273. The second kappa shape index (κ2) is 8.69. The van der Waals surface area contributed by atoms with Gasteiger partial charge in [0, 0.05) is 12.0 Å². The molecule has 1 fully saturated rings. The summed E-state index contributed by atoms with van der Waals surface area (Å²) in [7, 11) is 0. The maximum atomic E-state index is 12.9. The van der Waals surface area contributed by atoms with Gasteiger partial charge in [0.15, 0.2) is 11.0 Å². The number of amides is 1. The van der Waals surface area contributed by atoms with E-state index in [1.54, 1.807) is 12.1 Å². The van der Waals surface area contributed by atoms with Crippen LogP contribution in [0.3, 0.4) is 0 Å². The number of nitrogens with one attached hydrogen (secondary N) is 1. The topological polar surface area (TPSA) is 70.9 Å². The van der Waals surface area contributed by atoms with Crippen LogP contribution in [-0.2, 0) is 17.6 Å². The number of benzene rings is 2. The molecule has 0 radical (unpaired) electrons. The van der Waals surface area contributed by atoms with Crippen molar-refractivity contribution in [2.24, 2.45) is 10.2 Å². The van der Waals surface area contributed by atoms with Crippen LogP contribution in [0.25, 0.3) is 0 Å². The number of carbonyl (C=O) groups excluding carboxylic acids is 2. The zero-order valence-corrected chi connectivity index (χ0v) is 16.5. The summed E-state index contributed by atoms with van der Waals surface area (Å²) in [6.07, 6.45) is 6.04. The summed E-state index contributed by atoms with van der Waals surface area (Å²) in [5.41, 5.74) is 3.94. The normalized spacial score (nSPS) is 20.1. The molecule has 1 saturated heterocycles. The van der Waals surface area contributed by atoms with E-state index >= 15 is 0 Å². The molecule has 1 heterocycles. The SMILES string of the molecule is O=C(CC1S/C(=N\N=C\c2ccc(F)cc2)NC1=O)c1ccc2c(c1)CCCC2. The second-order valence-electron chi connectivity index (χ2n) is 7.11. The van der Waals surface area contributed by atoms with Crippen molar-refractivity contribution in [1.29, 1.82) is 0 Å². The van der Waals surface area contributed by atoms with Crippen LogP contribution in [0.1, 0.15) is 46.3 Å². The standard InChI is InChI=1S/C22H20FN3O2S/c23-18-9-5-14(6-10-18)13-24-26-22-25-21(28)20(29-22)12-19(27)17-8-7-15-3-1-2-4-16(15)11-17/h5-11,13,20H,1-4,12H2,(H,25,26,28)/b24-13+. The highest BCUT2D eigenvalue weighted by atomic mass is 32.2. The molecule has 1 aliphatic heterocycles. The molecule has 1 amide bonds. The lowest BCUT2D eigenvalue weighted by Crippen LogP contribution is -2.26. The number of fused-ring (bicyclic) bond motifs is 1. The minimum absolute atomic E-state index is 0.0397. The number of halogens is 1. The summed E-state index contributed by atoms with van der Waals surface area (Å²) in [6, 6.07) is 11.7. The van der Waals surface area contributed by atoms with Gasteiger partial charge >= 0.3 is 0 Å². The third-order valence-corrected chi connectivity index (χ3v) is 6.12. The van der Waals surface area contributed by atoms with Crippen molar-refractivity contribution in [3.63, 3.8) is 0 Å². The van der Waals surface area contributed by atoms with E-state index in [0.29, 0.717) is 16.3 Å². The third-order valence-electron chi connectivity index (χ3n) is 5.04. The summed E-state index contributed by atoms with van der Waals surface area (Å²) in [6.45, 7) is 0. The van der Waals surface area contributed by atoms with E-state index in [1.807, 2.05) is 18.2 Å². The minimum atomic E-state index is -0.515. The van der Waals surface area contributed by atoms with E-state index in [-0.39, 0.29) is 23.9 Å². The molecule has 0 aromatic heterocycles. The first-order valence-corrected chi connectivity index (χ1v) is 10.5. The molecular weight excluding hydrogens is 389 g/mol. The molecule has 148 valence electrons. The van der Waals surface area contributed by atoms with Gasteiger partial charge in [-0.1, -0.05) is 36.0 Å². The molecule has 2 aliphatic rings. The van der Waals surface area contributed by atoms with Crippen molar-refractivity contribution in [2.45, 2.75) is 37.4 Å². The van der Waals surface area contributed by atoms with Crippen LogP contribution in [0.15, 0.2) is 52.7 Å². The summed E-state index contributed by atoms with van der Waals surface area (Å²) in [5.74, 6) is -0.599. The Hall–Kier alpha value is -2.80. The fourth-order valence-corrected chi connectivity index (χ4v) is 4.40. The summed E-state index contributed by atoms with van der Waals surface area (Å²) >= 11 is 1.20. The van der Waals surface area contributed by atoms with Crippen molar-refractivity contribution in [3.05, 3.63) is 70.5 Å². The first-order valence-electron chi connectivity index (χ1n) is 9.57. The van der Waals surface area contributed by atoms with Crippen LogP contribution in [0.5, 0.6) is 0 Å². The van der Waals surface area contributed by atoms with Crippen molar-refractivity contribution in [2.75, 3.05) is 0 Å². The van der Waals surface area contributed by atoms with Crippen LogP contribution in [0.2, 0.25) is 0 Å². The highest BCUT2D eigenvalue weighted by Gasteiger charge is 2.32. The number of hydrogen-bond donors (Lipinski definition) is 1. The van der Waals surface area contributed by atoms with E-state index in [1.165, 1.54) is 47.7 Å². The summed E-state index contributed by atoms with van der Waals surface area (Å²) < 4.78 is 12.9. The Balaban J connectivity index is 1.38. The Kier molecular flexibility index (Phi) is 5.85. The van der Waals surface area contributed by atoms with Crippen LogP contribution < -0.4 is 5.32 Å². The predicted molar refractivity (Wildman–Crippen MR) is 113 cm³/mol. The highest BCUT2D eigenvalue weighted by molar-refractivity contribution is 8.15. The molecule has 0 saturated carbocycles. The lowest BCUT2D eigenvalue weighted by Gasteiger charge is -2.16. The van der Waals surface area contributed by atoms with Gasteiger partial charge in [-0.05, 0) is 60.6 Å². The number of hydrogen-bond acceptors (Lipinski definition) is 5. The Labute approximate surface area is 172 Å². The molecule has 1 N–H and O–H groups in total. The quantitative estimate of drug-likeness (QED) is 0.463. The molecule has 4 rings (SSSR count). The Morgan fingerprint density at radius 1 is 1.14 bits per heavy atom. The Bertz CT molecular complexity index is 1000. The van der Waals surface area contributed by atoms with Gasteiger partial charge in [0.2, 0.25) is 5.91 Å². The summed E-state index contributed by atoms with van der Waals surface area (Å²) in [4.78, 5) is 24.9. The van der Waals surface area contributed by atoms with E-state index in [2.05, 4.69) is 15.5 Å². The summed E-state index contributed by atoms with van der Waals surface area (Å²) in [5, 5.41) is 10.4. The Morgan fingerprint density at radius 3 is 2.69 bits per heavy atom. The zero-order chi connectivity index (χ0) is 20.2. The maximum Gasteiger partial charge on any atom is 0.240 e. The van der Waals surface area contributed by atoms with E-state index in [4.69, 9.17) is 0 Å². The molecular formula is C22H20FN3O2S. The molecule has 5 nitrogen and oxygen atoms in total. The molecule has 2 aromatic carbocycles. The monoisotopic (exact) mass is 409 g/mol. The molecule has 1 unspecified atom stereocenters. The number of nitrogens with zero attached hydrogens (tertiary/aromatic N) is 2. The average Bonchev–Trinajstić information content (AvgIpc) is 3.08. The van der Waals surface area contributed by atoms with Crippen LogP contribution in [0, 0.1) is 5.82 Å². The van der Waals surface area contributed by atoms with Gasteiger partial charge in [0.25, 0.3) is 0 Å². The predicted octanol–water partition coefficient (Wildman–Crippen LogP) is 3.90.